The van der Waals surface area contributed by atoms with Gasteiger partial charge in [-0.2, -0.15) is 0 Å². The Morgan fingerprint density at radius 3 is 2.93 bits per heavy atom. The molecular weight excluding hydrogens is 219 g/mol. The Hall–Kier alpha value is -0.600. The standard InChI is InChI=1S/C11H10ClFS/c1-2-7-5-10(13)9(6-12)11-8(7)3-4-14-11/h3-5H,2,6H2,1H3. The van der Waals surface area contributed by atoms with Gasteiger partial charge in [-0.25, -0.2) is 4.39 Å². The van der Waals surface area contributed by atoms with E-state index in [1.54, 1.807) is 17.4 Å². The summed E-state index contributed by atoms with van der Waals surface area (Å²) < 4.78 is 14.6. The summed E-state index contributed by atoms with van der Waals surface area (Å²) >= 11 is 7.29. The zero-order valence-corrected chi connectivity index (χ0v) is 9.38. The van der Waals surface area contributed by atoms with E-state index in [9.17, 15) is 4.39 Å². The molecule has 3 heteroatoms. The summed E-state index contributed by atoms with van der Waals surface area (Å²) in [6, 6.07) is 3.64. The van der Waals surface area contributed by atoms with Gasteiger partial charge in [0.05, 0.1) is 5.88 Å². The molecule has 2 aromatic rings. The van der Waals surface area contributed by atoms with Gasteiger partial charge in [-0.1, -0.05) is 6.92 Å². The predicted octanol–water partition coefficient (Wildman–Crippen LogP) is 4.34. The van der Waals surface area contributed by atoms with Crippen molar-refractivity contribution in [3.63, 3.8) is 0 Å². The molecule has 0 unspecified atom stereocenters. The highest BCUT2D eigenvalue weighted by atomic mass is 35.5. The maximum absolute atomic E-state index is 13.6. The zero-order chi connectivity index (χ0) is 10.1. The normalized spacial score (nSPS) is 11.1. The van der Waals surface area contributed by atoms with Crippen molar-refractivity contribution >= 4 is 33.0 Å². The van der Waals surface area contributed by atoms with Crippen LogP contribution in [0, 0.1) is 5.82 Å². The summed E-state index contributed by atoms with van der Waals surface area (Å²) in [7, 11) is 0. The second kappa shape index (κ2) is 3.87. The van der Waals surface area contributed by atoms with Crippen LogP contribution in [0.25, 0.3) is 10.1 Å². The van der Waals surface area contributed by atoms with Crippen LogP contribution in [0.5, 0.6) is 0 Å². The van der Waals surface area contributed by atoms with Crippen LogP contribution in [-0.4, -0.2) is 0 Å². The number of fused-ring (bicyclic) bond motifs is 1. The number of hydrogen-bond acceptors (Lipinski definition) is 1. The van der Waals surface area contributed by atoms with Crippen LogP contribution in [0.1, 0.15) is 18.1 Å². The SMILES string of the molecule is CCc1cc(F)c(CCl)c2sccc12. The fraction of sp³-hybridized carbons (Fsp3) is 0.273. The van der Waals surface area contributed by atoms with Crippen LogP contribution in [0.15, 0.2) is 17.5 Å². The minimum absolute atomic E-state index is 0.174. The van der Waals surface area contributed by atoms with E-state index in [0.717, 1.165) is 22.1 Å². The van der Waals surface area contributed by atoms with E-state index in [1.165, 1.54) is 0 Å². The topological polar surface area (TPSA) is 0 Å². The molecule has 1 aromatic carbocycles. The van der Waals surface area contributed by atoms with Crippen molar-refractivity contribution in [2.24, 2.45) is 0 Å². The van der Waals surface area contributed by atoms with Crippen molar-refractivity contribution in [3.05, 3.63) is 34.5 Å². The van der Waals surface area contributed by atoms with Gasteiger partial charge >= 0.3 is 0 Å². The van der Waals surface area contributed by atoms with Crippen LogP contribution < -0.4 is 0 Å². The number of aryl methyl sites for hydroxylation is 1. The summed E-state index contributed by atoms with van der Waals surface area (Å²) in [5, 5.41) is 3.13. The molecule has 0 aliphatic heterocycles. The summed E-state index contributed by atoms with van der Waals surface area (Å²) in [6.07, 6.45) is 0.854. The first-order chi connectivity index (χ1) is 6.77. The molecule has 0 N–H and O–H groups in total. The number of thiophene rings is 1. The summed E-state index contributed by atoms with van der Waals surface area (Å²) in [5.41, 5.74) is 1.70. The van der Waals surface area contributed by atoms with Crippen molar-refractivity contribution in [1.82, 2.24) is 0 Å². The molecule has 0 saturated heterocycles. The summed E-state index contributed by atoms with van der Waals surface area (Å²) in [4.78, 5) is 0. The Morgan fingerprint density at radius 1 is 1.50 bits per heavy atom. The number of benzene rings is 1. The van der Waals surface area contributed by atoms with Gasteiger partial charge in [-0.05, 0) is 34.9 Å². The molecule has 0 bridgehead atoms. The fourth-order valence-corrected chi connectivity index (χ4v) is 2.96. The van der Waals surface area contributed by atoms with E-state index in [-0.39, 0.29) is 11.7 Å². The molecule has 74 valence electrons. The van der Waals surface area contributed by atoms with E-state index < -0.39 is 0 Å². The van der Waals surface area contributed by atoms with Crippen molar-refractivity contribution in [2.45, 2.75) is 19.2 Å². The predicted molar refractivity (Wildman–Crippen MR) is 60.7 cm³/mol. The van der Waals surface area contributed by atoms with Crippen LogP contribution in [-0.2, 0) is 12.3 Å². The highest BCUT2D eigenvalue weighted by Crippen LogP contribution is 2.31. The minimum Gasteiger partial charge on any atom is -0.207 e. The van der Waals surface area contributed by atoms with Crippen LogP contribution in [0.4, 0.5) is 4.39 Å². The second-order valence-corrected chi connectivity index (χ2v) is 4.33. The van der Waals surface area contributed by atoms with Gasteiger partial charge in [-0.15, -0.1) is 22.9 Å². The van der Waals surface area contributed by atoms with E-state index in [0.29, 0.717) is 5.56 Å². The molecule has 0 amide bonds. The van der Waals surface area contributed by atoms with Crippen LogP contribution in [0.3, 0.4) is 0 Å². The molecule has 0 atom stereocenters. The van der Waals surface area contributed by atoms with Crippen molar-refractivity contribution < 1.29 is 4.39 Å². The molecule has 0 saturated carbocycles. The summed E-state index contributed by atoms with van der Waals surface area (Å²) in [5.74, 6) is 0.0686. The molecule has 0 aliphatic rings. The lowest BCUT2D eigenvalue weighted by molar-refractivity contribution is 0.618. The van der Waals surface area contributed by atoms with Crippen molar-refractivity contribution in [1.29, 1.82) is 0 Å². The molecule has 0 fully saturated rings. The Bertz CT molecular complexity index is 462. The average Bonchev–Trinajstić information content (AvgIpc) is 2.65. The first-order valence-corrected chi connectivity index (χ1v) is 5.92. The number of alkyl halides is 1. The number of hydrogen-bond donors (Lipinski definition) is 0. The maximum Gasteiger partial charge on any atom is 0.129 e. The molecule has 0 nitrogen and oxygen atoms in total. The first kappa shape index (κ1) is 9.94. The zero-order valence-electron chi connectivity index (χ0n) is 7.81. The minimum atomic E-state index is -0.174. The van der Waals surface area contributed by atoms with E-state index in [4.69, 9.17) is 11.6 Å². The smallest absolute Gasteiger partial charge is 0.129 e. The third kappa shape index (κ3) is 1.43. The van der Waals surface area contributed by atoms with Crippen LogP contribution in [0.2, 0.25) is 0 Å². The Kier molecular flexibility index (Phi) is 2.75. The quantitative estimate of drug-likeness (QED) is 0.671. The van der Waals surface area contributed by atoms with Gasteiger partial charge < -0.3 is 0 Å². The maximum atomic E-state index is 13.6. The van der Waals surface area contributed by atoms with E-state index in [2.05, 4.69) is 0 Å². The van der Waals surface area contributed by atoms with Gasteiger partial charge in [0.1, 0.15) is 5.82 Å². The number of halogens is 2. The molecule has 1 aromatic heterocycles. The third-order valence-electron chi connectivity index (χ3n) is 2.39. The highest BCUT2D eigenvalue weighted by molar-refractivity contribution is 7.17. The Morgan fingerprint density at radius 2 is 2.29 bits per heavy atom. The lowest BCUT2D eigenvalue weighted by atomic mass is 10.0. The van der Waals surface area contributed by atoms with E-state index >= 15 is 0 Å². The monoisotopic (exact) mass is 228 g/mol. The Labute approximate surface area is 91.3 Å². The molecule has 2 rings (SSSR count). The lowest BCUT2D eigenvalue weighted by Gasteiger charge is -2.05. The van der Waals surface area contributed by atoms with Gasteiger partial charge in [0.25, 0.3) is 0 Å². The van der Waals surface area contributed by atoms with Crippen molar-refractivity contribution in [3.8, 4) is 0 Å². The fourth-order valence-electron chi connectivity index (χ4n) is 1.64. The van der Waals surface area contributed by atoms with Crippen LogP contribution >= 0.6 is 22.9 Å². The van der Waals surface area contributed by atoms with Gasteiger partial charge in [0.15, 0.2) is 0 Å². The number of rotatable bonds is 2. The molecule has 0 spiro atoms. The van der Waals surface area contributed by atoms with Gasteiger partial charge in [0.2, 0.25) is 0 Å². The highest BCUT2D eigenvalue weighted by Gasteiger charge is 2.11. The van der Waals surface area contributed by atoms with E-state index in [1.807, 2.05) is 18.4 Å². The van der Waals surface area contributed by atoms with Gasteiger partial charge in [-0.3, -0.25) is 0 Å². The molecular formula is C11H10ClFS. The second-order valence-electron chi connectivity index (χ2n) is 3.15. The lowest BCUT2D eigenvalue weighted by Crippen LogP contribution is -1.91. The molecule has 0 aliphatic carbocycles. The largest absolute Gasteiger partial charge is 0.207 e. The average molecular weight is 229 g/mol. The van der Waals surface area contributed by atoms with Crippen molar-refractivity contribution in [2.75, 3.05) is 0 Å². The molecule has 0 radical (unpaired) electrons. The van der Waals surface area contributed by atoms with Gasteiger partial charge in [0, 0.05) is 10.3 Å². The molecule has 1 heterocycles. The first-order valence-electron chi connectivity index (χ1n) is 4.51. The summed E-state index contributed by atoms with van der Waals surface area (Å²) in [6.45, 7) is 2.03. The molecule has 14 heavy (non-hydrogen) atoms. The third-order valence-corrected chi connectivity index (χ3v) is 3.63. The Balaban J connectivity index is 2.81.